The van der Waals surface area contributed by atoms with Crippen LogP contribution in [-0.4, -0.2) is 39.7 Å². The lowest BCUT2D eigenvalue weighted by Gasteiger charge is -2.21. The van der Waals surface area contributed by atoms with Crippen LogP contribution in [0.1, 0.15) is 31.9 Å². The van der Waals surface area contributed by atoms with Gasteiger partial charge in [0.1, 0.15) is 16.2 Å². The predicted molar refractivity (Wildman–Crippen MR) is 119 cm³/mol. The predicted octanol–water partition coefficient (Wildman–Crippen LogP) is 3.62. The van der Waals surface area contributed by atoms with E-state index in [0.29, 0.717) is 0 Å². The Morgan fingerprint density at radius 2 is 1.59 bits per heavy atom. The molecule has 174 valence electrons. The smallest absolute Gasteiger partial charge is 0.407 e. The molecule has 9 heteroatoms. The number of benzene rings is 2. The van der Waals surface area contributed by atoms with Gasteiger partial charge in [0.25, 0.3) is 0 Å². The maximum absolute atomic E-state index is 12.4. The van der Waals surface area contributed by atoms with Crippen LogP contribution in [0.25, 0.3) is 0 Å². The number of carbonyl (C=O) groups excluding carboxylic acids is 2. The maximum atomic E-state index is 12.4. The van der Waals surface area contributed by atoms with Crippen molar-refractivity contribution in [3.63, 3.8) is 0 Å². The molecule has 2 aromatic rings. The molecule has 0 radical (unpaired) electrons. The van der Waals surface area contributed by atoms with E-state index in [1.165, 1.54) is 31.4 Å². The van der Waals surface area contributed by atoms with Gasteiger partial charge >= 0.3 is 22.2 Å². The minimum atomic E-state index is -3.95. The number of aryl methyl sites for hydroxylation is 1. The van der Waals surface area contributed by atoms with E-state index in [0.717, 1.165) is 11.1 Å². The molecule has 0 aromatic heterocycles. The van der Waals surface area contributed by atoms with E-state index in [4.69, 9.17) is 13.7 Å². The molecule has 0 fully saturated rings. The van der Waals surface area contributed by atoms with Crippen molar-refractivity contribution in [1.29, 1.82) is 0 Å². The quantitative estimate of drug-likeness (QED) is 0.470. The van der Waals surface area contributed by atoms with Crippen molar-refractivity contribution in [3.8, 4) is 5.75 Å². The molecule has 0 bridgehead atoms. The summed E-state index contributed by atoms with van der Waals surface area (Å²) in [5.41, 5.74) is 1.03. The number of ether oxygens (including phenoxy) is 2. The summed E-state index contributed by atoms with van der Waals surface area (Å²) in [5.74, 6) is -0.977. The summed E-state index contributed by atoms with van der Waals surface area (Å²) in [4.78, 5) is 24.1. The summed E-state index contributed by atoms with van der Waals surface area (Å²) in [6.07, 6.45) is -0.357. The van der Waals surface area contributed by atoms with Gasteiger partial charge < -0.3 is 19.0 Å². The fraction of sp³-hybridized carbons (Fsp3) is 0.391. The molecular weight excluding hydrogens is 434 g/mol. The largest absolute Gasteiger partial charge is 0.469 e. The zero-order valence-corrected chi connectivity index (χ0v) is 19.7. The van der Waals surface area contributed by atoms with E-state index < -0.39 is 33.7 Å². The van der Waals surface area contributed by atoms with Crippen LogP contribution >= 0.6 is 0 Å². The number of hydrogen-bond acceptors (Lipinski definition) is 7. The van der Waals surface area contributed by atoms with Crippen LogP contribution in [0.15, 0.2) is 53.4 Å². The molecular formula is C23H29NO7S. The highest BCUT2D eigenvalue weighted by molar-refractivity contribution is 7.87. The molecule has 8 nitrogen and oxygen atoms in total. The van der Waals surface area contributed by atoms with Crippen molar-refractivity contribution >= 4 is 22.2 Å². The van der Waals surface area contributed by atoms with Crippen LogP contribution in [0.3, 0.4) is 0 Å². The summed E-state index contributed by atoms with van der Waals surface area (Å²) < 4.78 is 40.0. The maximum Gasteiger partial charge on any atom is 0.407 e. The lowest BCUT2D eigenvalue weighted by Crippen LogP contribution is -2.38. The molecule has 1 amide bonds. The SMILES string of the molecule is COC(=O)C(CNC(=O)OC(C)(C)C)Cc1ccc(OS(=O)(=O)c2ccc(C)cc2)cc1. The monoisotopic (exact) mass is 463 g/mol. The summed E-state index contributed by atoms with van der Waals surface area (Å²) in [7, 11) is -2.68. The minimum Gasteiger partial charge on any atom is -0.469 e. The van der Waals surface area contributed by atoms with Gasteiger partial charge in [-0.3, -0.25) is 4.79 Å². The van der Waals surface area contributed by atoms with Gasteiger partial charge in [0.15, 0.2) is 0 Å². The highest BCUT2D eigenvalue weighted by atomic mass is 32.2. The van der Waals surface area contributed by atoms with Gasteiger partial charge in [-0.2, -0.15) is 8.42 Å². The normalized spacial score (nSPS) is 12.5. The highest BCUT2D eigenvalue weighted by Crippen LogP contribution is 2.21. The molecule has 0 spiro atoms. The number of hydrogen-bond donors (Lipinski definition) is 1. The summed E-state index contributed by atoms with van der Waals surface area (Å²) >= 11 is 0. The van der Waals surface area contributed by atoms with E-state index in [1.807, 2.05) is 6.92 Å². The molecule has 2 rings (SSSR count). The van der Waals surface area contributed by atoms with Gasteiger partial charge in [-0.1, -0.05) is 29.8 Å². The number of rotatable bonds is 8. The Kier molecular flexibility index (Phi) is 8.26. The van der Waals surface area contributed by atoms with E-state index in [-0.39, 0.29) is 23.6 Å². The molecule has 2 aromatic carbocycles. The second kappa shape index (κ2) is 10.5. The van der Waals surface area contributed by atoms with Gasteiger partial charge in [0.2, 0.25) is 0 Å². The average molecular weight is 464 g/mol. The van der Waals surface area contributed by atoms with Crippen LogP contribution in [0.4, 0.5) is 4.79 Å². The summed E-state index contributed by atoms with van der Waals surface area (Å²) in [5, 5.41) is 2.57. The molecule has 1 atom stereocenters. The Morgan fingerprint density at radius 3 is 2.12 bits per heavy atom. The first-order valence-electron chi connectivity index (χ1n) is 10.0. The topological polar surface area (TPSA) is 108 Å². The molecule has 0 aliphatic heterocycles. The zero-order chi connectivity index (χ0) is 23.9. The molecule has 0 saturated heterocycles. The molecule has 0 aliphatic rings. The van der Waals surface area contributed by atoms with Crippen molar-refractivity contribution in [2.45, 2.75) is 44.6 Å². The first-order chi connectivity index (χ1) is 14.9. The number of methoxy groups -OCH3 is 1. The van der Waals surface area contributed by atoms with Crippen LogP contribution in [-0.2, 0) is 30.8 Å². The van der Waals surface area contributed by atoms with Gasteiger partial charge in [0.05, 0.1) is 13.0 Å². The van der Waals surface area contributed by atoms with Crippen LogP contribution in [0, 0.1) is 12.8 Å². The Morgan fingerprint density at radius 1 is 1.00 bits per heavy atom. The third-order valence-electron chi connectivity index (χ3n) is 4.35. The number of esters is 1. The number of amides is 1. The van der Waals surface area contributed by atoms with E-state index in [9.17, 15) is 18.0 Å². The molecule has 1 N–H and O–H groups in total. The molecule has 32 heavy (non-hydrogen) atoms. The summed E-state index contributed by atoms with van der Waals surface area (Å²) in [6, 6.07) is 12.7. The number of alkyl carbamates (subject to hydrolysis) is 1. The first kappa shape index (κ1) is 25.2. The lowest BCUT2D eigenvalue weighted by atomic mass is 9.99. The first-order valence-corrected chi connectivity index (χ1v) is 11.5. The standard InChI is InChI=1S/C23H29NO7S/c1-16-6-12-20(13-7-16)32(27,28)31-19-10-8-17(9-11-19)14-18(21(25)29-5)15-24-22(26)30-23(2,3)4/h6-13,18H,14-15H2,1-5H3,(H,24,26). The zero-order valence-electron chi connectivity index (χ0n) is 18.9. The lowest BCUT2D eigenvalue weighted by molar-refractivity contribution is -0.145. The molecule has 0 heterocycles. The van der Waals surface area contributed by atoms with Crippen LogP contribution in [0.5, 0.6) is 5.75 Å². The third-order valence-corrected chi connectivity index (χ3v) is 5.61. The van der Waals surface area contributed by atoms with Crippen LogP contribution < -0.4 is 9.50 Å². The molecule has 1 unspecified atom stereocenters. The van der Waals surface area contributed by atoms with E-state index in [2.05, 4.69) is 5.32 Å². The number of carbonyl (C=O) groups is 2. The fourth-order valence-corrected chi connectivity index (χ4v) is 3.70. The van der Waals surface area contributed by atoms with Crippen molar-refractivity contribution in [3.05, 3.63) is 59.7 Å². The Bertz CT molecular complexity index is 1020. The van der Waals surface area contributed by atoms with Gasteiger partial charge in [-0.15, -0.1) is 0 Å². The Balaban J connectivity index is 2.03. The van der Waals surface area contributed by atoms with E-state index >= 15 is 0 Å². The fourth-order valence-electron chi connectivity index (χ4n) is 2.77. The minimum absolute atomic E-state index is 0.0294. The van der Waals surface area contributed by atoms with Gasteiger partial charge in [0, 0.05) is 6.54 Å². The van der Waals surface area contributed by atoms with Gasteiger partial charge in [-0.25, -0.2) is 4.79 Å². The Hall–Kier alpha value is -3.07. The van der Waals surface area contributed by atoms with E-state index in [1.54, 1.807) is 45.0 Å². The highest BCUT2D eigenvalue weighted by Gasteiger charge is 2.23. The molecule has 0 aliphatic carbocycles. The van der Waals surface area contributed by atoms with Gasteiger partial charge in [-0.05, 0) is 63.9 Å². The third kappa shape index (κ3) is 7.88. The van der Waals surface area contributed by atoms with Crippen molar-refractivity contribution in [1.82, 2.24) is 5.32 Å². The van der Waals surface area contributed by atoms with Crippen molar-refractivity contribution in [2.75, 3.05) is 13.7 Å². The van der Waals surface area contributed by atoms with Crippen LogP contribution in [0.2, 0.25) is 0 Å². The number of nitrogens with one attached hydrogen (secondary N) is 1. The summed E-state index contributed by atoms with van der Waals surface area (Å²) in [6.45, 7) is 7.12. The average Bonchev–Trinajstić information content (AvgIpc) is 2.70. The van der Waals surface area contributed by atoms with Crippen molar-refractivity contribution in [2.24, 2.45) is 5.92 Å². The van der Waals surface area contributed by atoms with Crippen molar-refractivity contribution < 1.29 is 31.7 Å². The second-order valence-electron chi connectivity index (χ2n) is 8.30. The second-order valence-corrected chi connectivity index (χ2v) is 9.85. The Labute approximate surface area is 189 Å². The molecule has 0 saturated carbocycles.